The Morgan fingerprint density at radius 2 is 1.70 bits per heavy atom. The maximum atomic E-state index is 11.2. The molecule has 20 heavy (non-hydrogen) atoms. The Labute approximate surface area is 128 Å². The van der Waals surface area contributed by atoms with Crippen LogP contribution in [0.5, 0.6) is 0 Å². The maximum Gasteiger partial charge on any atom is 0.160 e. The van der Waals surface area contributed by atoms with E-state index in [-0.39, 0.29) is 5.78 Å². The molecule has 0 atom stereocenters. The van der Waals surface area contributed by atoms with Gasteiger partial charge >= 0.3 is 0 Å². The van der Waals surface area contributed by atoms with Gasteiger partial charge in [0.15, 0.2) is 5.78 Å². The number of carbonyl (C=O) groups is 1. The van der Waals surface area contributed by atoms with Crippen LogP contribution in [0.25, 0.3) is 5.57 Å². The molecule has 0 unspecified atom stereocenters. The number of hydrogen-bond acceptors (Lipinski definition) is 1. The molecule has 1 nitrogen and oxygen atoms in total. The van der Waals surface area contributed by atoms with E-state index in [1.165, 1.54) is 13.0 Å². The van der Waals surface area contributed by atoms with E-state index in [1.54, 1.807) is 12.1 Å². The van der Waals surface area contributed by atoms with Crippen LogP contribution in [0.3, 0.4) is 0 Å². The minimum Gasteiger partial charge on any atom is -0.294 e. The lowest BCUT2D eigenvalue weighted by Crippen LogP contribution is -1.88. The largest absolute Gasteiger partial charge is 0.294 e. The first-order chi connectivity index (χ1) is 9.58. The summed E-state index contributed by atoms with van der Waals surface area (Å²) in [6.07, 6.45) is 1.42. The fourth-order valence-corrected chi connectivity index (χ4v) is 2.06. The van der Waals surface area contributed by atoms with Crippen molar-refractivity contribution in [2.75, 3.05) is 0 Å². The van der Waals surface area contributed by atoms with Crippen LogP contribution in [-0.4, -0.2) is 5.78 Å². The predicted molar refractivity (Wildman–Crippen MR) is 84.2 cm³/mol. The molecule has 0 heterocycles. The van der Waals surface area contributed by atoms with E-state index >= 15 is 0 Å². The van der Waals surface area contributed by atoms with Crippen molar-refractivity contribution in [3.63, 3.8) is 0 Å². The first-order valence-electron chi connectivity index (χ1n) is 6.06. The predicted octanol–water partition coefficient (Wildman–Crippen LogP) is 5.17. The van der Waals surface area contributed by atoms with Gasteiger partial charge in [0, 0.05) is 11.6 Å². The first-order valence-corrected chi connectivity index (χ1v) is 6.81. The average molecular weight is 303 g/mol. The molecule has 2 aromatic rings. The SMILES string of the molecule is CC(=O)C=C=C(c1ccccc1)c1ccc(Cl)c(Cl)c1. The molecule has 0 aliphatic carbocycles. The lowest BCUT2D eigenvalue weighted by molar-refractivity contribution is -0.112. The van der Waals surface area contributed by atoms with Crippen LogP contribution in [0.1, 0.15) is 18.1 Å². The van der Waals surface area contributed by atoms with Crippen molar-refractivity contribution in [1.82, 2.24) is 0 Å². The number of benzene rings is 2. The summed E-state index contributed by atoms with van der Waals surface area (Å²) in [5.74, 6) is -0.0570. The molecule has 0 radical (unpaired) electrons. The molecular weight excluding hydrogens is 291 g/mol. The molecule has 0 saturated heterocycles. The van der Waals surface area contributed by atoms with Crippen molar-refractivity contribution in [1.29, 1.82) is 0 Å². The van der Waals surface area contributed by atoms with Gasteiger partial charge in [-0.05, 0) is 30.2 Å². The Hall–Kier alpha value is -1.79. The molecule has 2 aromatic carbocycles. The van der Waals surface area contributed by atoms with Crippen LogP contribution in [-0.2, 0) is 4.79 Å². The van der Waals surface area contributed by atoms with Crippen LogP contribution in [0.2, 0.25) is 10.0 Å². The standard InChI is InChI=1S/C17H12Cl2O/c1-12(20)7-9-15(13-5-3-2-4-6-13)14-8-10-16(18)17(19)11-14/h2-8,10-11H,1H3. The molecule has 0 amide bonds. The minimum atomic E-state index is -0.0570. The second kappa shape index (κ2) is 6.58. The van der Waals surface area contributed by atoms with Crippen molar-refractivity contribution in [3.05, 3.63) is 81.5 Å². The Kier molecular flexibility index (Phi) is 4.81. The smallest absolute Gasteiger partial charge is 0.160 e. The van der Waals surface area contributed by atoms with Crippen molar-refractivity contribution in [2.24, 2.45) is 0 Å². The second-order valence-electron chi connectivity index (χ2n) is 4.27. The molecule has 0 spiro atoms. The van der Waals surface area contributed by atoms with Gasteiger partial charge in [0.05, 0.1) is 10.0 Å². The molecule has 0 bridgehead atoms. The zero-order valence-electron chi connectivity index (χ0n) is 10.9. The van der Waals surface area contributed by atoms with Crippen molar-refractivity contribution < 1.29 is 4.79 Å². The summed E-state index contributed by atoms with van der Waals surface area (Å²) in [6, 6.07) is 15.1. The lowest BCUT2D eigenvalue weighted by Gasteiger charge is -2.07. The van der Waals surface area contributed by atoms with Crippen LogP contribution < -0.4 is 0 Å². The summed E-state index contributed by atoms with van der Waals surface area (Å²) in [7, 11) is 0. The van der Waals surface area contributed by atoms with Gasteiger partial charge in [0.2, 0.25) is 0 Å². The zero-order valence-corrected chi connectivity index (χ0v) is 12.4. The van der Waals surface area contributed by atoms with Gasteiger partial charge in [0.25, 0.3) is 0 Å². The van der Waals surface area contributed by atoms with Gasteiger partial charge in [-0.2, -0.15) is 0 Å². The Balaban J connectivity index is 2.61. The van der Waals surface area contributed by atoms with Crippen molar-refractivity contribution >= 4 is 34.6 Å². The van der Waals surface area contributed by atoms with E-state index in [0.717, 1.165) is 16.7 Å². The Morgan fingerprint density at radius 1 is 1.00 bits per heavy atom. The number of halogens is 2. The average Bonchev–Trinajstić information content (AvgIpc) is 2.44. The monoisotopic (exact) mass is 302 g/mol. The van der Waals surface area contributed by atoms with Gasteiger partial charge in [-0.1, -0.05) is 59.6 Å². The quantitative estimate of drug-likeness (QED) is 0.565. The third kappa shape index (κ3) is 3.61. The highest BCUT2D eigenvalue weighted by Crippen LogP contribution is 2.29. The summed E-state index contributed by atoms with van der Waals surface area (Å²) >= 11 is 12.0. The summed E-state index contributed by atoms with van der Waals surface area (Å²) in [4.78, 5) is 11.2. The molecule has 0 aliphatic heterocycles. The molecule has 0 aromatic heterocycles. The fraction of sp³-hybridized carbons (Fsp3) is 0.0588. The topological polar surface area (TPSA) is 17.1 Å². The Bertz CT molecular complexity index is 696. The third-order valence-corrected chi connectivity index (χ3v) is 3.43. The molecular formula is C17H12Cl2O. The number of ketones is 1. The van der Waals surface area contributed by atoms with E-state index in [0.29, 0.717) is 10.0 Å². The van der Waals surface area contributed by atoms with Crippen LogP contribution in [0.15, 0.2) is 60.3 Å². The van der Waals surface area contributed by atoms with Gasteiger partial charge in [-0.3, -0.25) is 4.79 Å². The summed E-state index contributed by atoms with van der Waals surface area (Å²) in [5.41, 5.74) is 5.67. The normalized spacial score (nSPS) is 9.75. The van der Waals surface area contributed by atoms with Gasteiger partial charge in [-0.25, -0.2) is 0 Å². The third-order valence-electron chi connectivity index (χ3n) is 2.69. The van der Waals surface area contributed by atoms with E-state index in [4.69, 9.17) is 23.2 Å². The summed E-state index contributed by atoms with van der Waals surface area (Å²) in [5, 5.41) is 0.973. The summed E-state index contributed by atoms with van der Waals surface area (Å²) in [6.45, 7) is 1.49. The van der Waals surface area contributed by atoms with Gasteiger partial charge < -0.3 is 0 Å². The molecule has 0 saturated carbocycles. The fourth-order valence-electron chi connectivity index (χ4n) is 1.76. The summed E-state index contributed by atoms with van der Waals surface area (Å²) < 4.78 is 0. The molecule has 0 aliphatic rings. The van der Waals surface area contributed by atoms with Crippen LogP contribution >= 0.6 is 23.2 Å². The molecule has 100 valence electrons. The first kappa shape index (κ1) is 14.6. The highest BCUT2D eigenvalue weighted by atomic mass is 35.5. The number of carbonyl (C=O) groups excluding carboxylic acids is 1. The van der Waals surface area contributed by atoms with Crippen molar-refractivity contribution in [2.45, 2.75) is 6.92 Å². The van der Waals surface area contributed by atoms with E-state index in [9.17, 15) is 4.79 Å². The molecule has 3 heteroatoms. The second-order valence-corrected chi connectivity index (χ2v) is 5.08. The van der Waals surface area contributed by atoms with E-state index in [2.05, 4.69) is 5.73 Å². The highest BCUT2D eigenvalue weighted by Gasteiger charge is 2.06. The maximum absolute atomic E-state index is 11.2. The van der Waals surface area contributed by atoms with E-state index < -0.39 is 0 Å². The lowest BCUT2D eigenvalue weighted by atomic mass is 9.98. The number of allylic oxidation sites excluding steroid dienone is 1. The van der Waals surface area contributed by atoms with Gasteiger partial charge in [0.1, 0.15) is 0 Å². The number of hydrogen-bond donors (Lipinski definition) is 0. The highest BCUT2D eigenvalue weighted by molar-refractivity contribution is 6.42. The molecule has 0 N–H and O–H groups in total. The molecule has 2 rings (SSSR count). The Morgan fingerprint density at radius 3 is 2.30 bits per heavy atom. The minimum absolute atomic E-state index is 0.0570. The van der Waals surface area contributed by atoms with Gasteiger partial charge in [-0.15, -0.1) is 5.73 Å². The van der Waals surface area contributed by atoms with Crippen LogP contribution in [0.4, 0.5) is 0 Å². The van der Waals surface area contributed by atoms with E-state index in [1.807, 2.05) is 36.4 Å². The van der Waals surface area contributed by atoms with Crippen LogP contribution in [0, 0.1) is 0 Å². The molecule has 0 fully saturated rings. The van der Waals surface area contributed by atoms with Crippen molar-refractivity contribution in [3.8, 4) is 0 Å². The number of rotatable bonds is 3. The zero-order chi connectivity index (χ0) is 14.5.